The van der Waals surface area contributed by atoms with Crippen LogP contribution in [0.1, 0.15) is 52.7 Å². The van der Waals surface area contributed by atoms with Crippen molar-refractivity contribution in [2.45, 2.75) is 53.4 Å². The molecule has 1 aromatic carbocycles. The number of phenolic OH excluding ortho intramolecular Hbond substituents is 1. The molecule has 0 unspecified atom stereocenters. The van der Waals surface area contributed by atoms with Gasteiger partial charge in [-0.15, -0.1) is 0 Å². The summed E-state index contributed by atoms with van der Waals surface area (Å²) in [6.07, 6.45) is 0.920. The first-order valence-electron chi connectivity index (χ1n) is 6.04. The Balaban J connectivity index is 3.29. The van der Waals surface area contributed by atoms with E-state index in [1.807, 2.05) is 0 Å². The Bertz CT molecular complexity index is 408. The summed E-state index contributed by atoms with van der Waals surface area (Å²) in [5, 5.41) is 10.4. The van der Waals surface area contributed by atoms with E-state index in [0.717, 1.165) is 17.5 Å². The molecule has 0 spiro atoms. The molecular weight excluding hydrogens is 405 g/mol. The summed E-state index contributed by atoms with van der Waals surface area (Å²) >= 11 is 1.46. The van der Waals surface area contributed by atoms with Crippen molar-refractivity contribution < 1.29 is 5.11 Å². The molecule has 0 saturated carbocycles. The fourth-order valence-corrected chi connectivity index (χ4v) is 2.95. The van der Waals surface area contributed by atoms with Gasteiger partial charge < -0.3 is 0 Å². The molecule has 0 aliphatic rings. The standard InChI is InChI=1S/C15H23O.Po/c1-14(2,3)10-11-8-7-9-12(13(11)16)15(4,5)6;/h8-9,16H,10H2,1-6H3;. The third-order valence-corrected chi connectivity index (χ3v) is 3.61. The fraction of sp³-hybridized carbons (Fsp3) is 0.600. The van der Waals surface area contributed by atoms with Crippen molar-refractivity contribution in [3.63, 3.8) is 0 Å². The molecule has 0 saturated heterocycles. The van der Waals surface area contributed by atoms with Crippen LogP contribution in [0.25, 0.3) is 0 Å². The summed E-state index contributed by atoms with van der Waals surface area (Å²) in [5.41, 5.74) is 2.37. The zero-order chi connectivity index (χ0) is 13.4. The second-order valence-corrected chi connectivity index (χ2v) is 8.80. The third kappa shape index (κ3) is 4.25. The van der Waals surface area contributed by atoms with E-state index in [2.05, 4.69) is 53.7 Å². The first-order valence-corrected chi connectivity index (χ1v) is 7.63. The van der Waals surface area contributed by atoms with Gasteiger partial charge in [0.05, 0.1) is 0 Å². The number of aromatic hydroxyl groups is 1. The number of hydrogen-bond donors (Lipinski definition) is 1. The van der Waals surface area contributed by atoms with E-state index < -0.39 is 0 Å². The monoisotopic (exact) mass is 428 g/mol. The Morgan fingerprint density at radius 2 is 1.59 bits per heavy atom. The van der Waals surface area contributed by atoms with Gasteiger partial charge in [0, 0.05) is 0 Å². The van der Waals surface area contributed by atoms with E-state index in [1.165, 1.54) is 28.3 Å². The molecule has 0 aliphatic carbocycles. The summed E-state index contributed by atoms with van der Waals surface area (Å²) in [5.74, 6) is 0.498. The molecule has 0 bridgehead atoms. The molecule has 1 rings (SSSR count). The van der Waals surface area contributed by atoms with Crippen molar-refractivity contribution in [1.29, 1.82) is 0 Å². The van der Waals surface area contributed by atoms with Gasteiger partial charge in [-0.1, -0.05) is 0 Å². The van der Waals surface area contributed by atoms with Crippen LogP contribution in [-0.2, 0) is 11.8 Å². The molecule has 1 N–H and O–H groups in total. The SMILES string of the molecule is CC(C)(C)Cc1c[c]([Po])cc(C(C)(C)C)c1O. The van der Waals surface area contributed by atoms with Crippen molar-refractivity contribution >= 4 is 28.3 Å². The molecular formula is C15H23OPo. The Labute approximate surface area is 121 Å². The summed E-state index contributed by atoms with van der Waals surface area (Å²) in [4.78, 5) is 0. The van der Waals surface area contributed by atoms with Gasteiger partial charge in [0.1, 0.15) is 0 Å². The Kier molecular flexibility index (Phi) is 4.31. The van der Waals surface area contributed by atoms with Gasteiger partial charge in [-0.2, -0.15) is 0 Å². The molecule has 0 aliphatic heterocycles. The minimum absolute atomic E-state index is 0.00216. The number of rotatable bonds is 1. The Morgan fingerprint density at radius 3 is 2.00 bits per heavy atom. The third-order valence-electron chi connectivity index (χ3n) is 2.69. The molecule has 0 atom stereocenters. The summed E-state index contributed by atoms with van der Waals surface area (Å²) < 4.78 is 1.31. The average Bonchev–Trinajstić information content (AvgIpc) is 2.06. The summed E-state index contributed by atoms with van der Waals surface area (Å²) in [6, 6.07) is 4.28. The van der Waals surface area contributed by atoms with Crippen LogP contribution >= 0.6 is 0 Å². The quantitative estimate of drug-likeness (QED) is 0.729. The Hall–Kier alpha value is -0.0839. The molecule has 1 nitrogen and oxygen atoms in total. The second-order valence-electron chi connectivity index (χ2n) is 6.97. The zero-order valence-electron chi connectivity index (χ0n) is 11.7. The Morgan fingerprint density at radius 1 is 1.06 bits per heavy atom. The molecule has 2 heteroatoms. The normalized spacial score (nSPS) is 12.8. The topological polar surface area (TPSA) is 20.2 Å². The van der Waals surface area contributed by atoms with Crippen molar-refractivity contribution in [3.05, 3.63) is 23.3 Å². The maximum atomic E-state index is 10.4. The van der Waals surface area contributed by atoms with Gasteiger partial charge in [-0.3, -0.25) is 0 Å². The van der Waals surface area contributed by atoms with Gasteiger partial charge in [-0.05, 0) is 0 Å². The van der Waals surface area contributed by atoms with E-state index in [9.17, 15) is 5.11 Å². The van der Waals surface area contributed by atoms with Crippen LogP contribution in [0.2, 0.25) is 0 Å². The van der Waals surface area contributed by atoms with Crippen molar-refractivity contribution in [3.8, 4) is 5.75 Å². The van der Waals surface area contributed by atoms with Crippen molar-refractivity contribution in [2.75, 3.05) is 0 Å². The maximum absolute atomic E-state index is 10.4. The van der Waals surface area contributed by atoms with Crippen LogP contribution in [0, 0.1) is 5.41 Å². The van der Waals surface area contributed by atoms with Crippen LogP contribution < -0.4 is 3.22 Å². The molecule has 1 aromatic rings. The van der Waals surface area contributed by atoms with Crippen molar-refractivity contribution in [2.24, 2.45) is 5.41 Å². The van der Waals surface area contributed by atoms with Gasteiger partial charge in [0.15, 0.2) is 0 Å². The van der Waals surface area contributed by atoms with Crippen LogP contribution in [0.4, 0.5) is 0 Å². The van der Waals surface area contributed by atoms with Crippen LogP contribution in [0.3, 0.4) is 0 Å². The van der Waals surface area contributed by atoms with Gasteiger partial charge in [0.2, 0.25) is 0 Å². The molecule has 17 heavy (non-hydrogen) atoms. The van der Waals surface area contributed by atoms with E-state index in [0.29, 0.717) is 5.75 Å². The number of benzene rings is 1. The molecule has 0 aromatic heterocycles. The second kappa shape index (κ2) is 4.89. The van der Waals surface area contributed by atoms with E-state index in [4.69, 9.17) is 0 Å². The van der Waals surface area contributed by atoms with Crippen LogP contribution in [0.15, 0.2) is 12.1 Å². The predicted molar refractivity (Wildman–Crippen MR) is 75.4 cm³/mol. The van der Waals surface area contributed by atoms with E-state index >= 15 is 0 Å². The molecule has 95 valence electrons. The first-order chi connectivity index (χ1) is 7.50. The van der Waals surface area contributed by atoms with E-state index in [-0.39, 0.29) is 10.8 Å². The minimum atomic E-state index is 0.00216. The molecule has 0 heterocycles. The van der Waals surface area contributed by atoms with Crippen LogP contribution in [0.5, 0.6) is 5.75 Å². The van der Waals surface area contributed by atoms with Crippen molar-refractivity contribution in [1.82, 2.24) is 0 Å². The molecule has 1 radical (unpaired) electrons. The average molecular weight is 428 g/mol. The summed E-state index contributed by atoms with van der Waals surface area (Å²) in [6.45, 7) is 13.1. The van der Waals surface area contributed by atoms with Crippen LogP contribution in [-0.4, -0.2) is 30.2 Å². The first kappa shape index (κ1) is 15.0. The van der Waals surface area contributed by atoms with Gasteiger partial charge >= 0.3 is 121 Å². The number of hydrogen-bond acceptors (Lipinski definition) is 1. The van der Waals surface area contributed by atoms with Gasteiger partial charge in [-0.25, -0.2) is 0 Å². The van der Waals surface area contributed by atoms with Gasteiger partial charge in [0.25, 0.3) is 0 Å². The summed E-state index contributed by atoms with van der Waals surface area (Å²) in [7, 11) is 0. The fourth-order valence-electron chi connectivity index (χ4n) is 1.94. The predicted octanol–water partition coefficient (Wildman–Crippen LogP) is 3.07. The zero-order valence-corrected chi connectivity index (χ0v) is 14.9. The molecule has 0 amide bonds. The van der Waals surface area contributed by atoms with E-state index in [1.54, 1.807) is 0 Å². The number of phenols is 1. The molecule has 0 fully saturated rings.